The number of ether oxygens (including phenoxy) is 1. The number of nitrogens with zero attached hydrogens (tertiary/aromatic N) is 3. The molecule has 2 aliphatic heterocycles. The molecule has 5 heteroatoms. The van der Waals surface area contributed by atoms with Crippen molar-refractivity contribution in [2.24, 2.45) is 0 Å². The van der Waals surface area contributed by atoms with Crippen molar-refractivity contribution in [3.8, 4) is 5.75 Å². The maximum Gasteiger partial charge on any atom is 0.222 e. The van der Waals surface area contributed by atoms with Gasteiger partial charge in [0.25, 0.3) is 0 Å². The fraction of sp³-hybridized carbons (Fsp3) is 0.500. The highest BCUT2D eigenvalue weighted by Gasteiger charge is 2.31. The van der Waals surface area contributed by atoms with E-state index in [4.69, 9.17) is 4.74 Å². The molecule has 0 spiro atoms. The zero-order valence-corrected chi connectivity index (χ0v) is 15.0. The van der Waals surface area contributed by atoms with Gasteiger partial charge in [0.15, 0.2) is 0 Å². The summed E-state index contributed by atoms with van der Waals surface area (Å²) in [7, 11) is 1.69. The van der Waals surface area contributed by atoms with E-state index in [1.165, 1.54) is 11.3 Å². The summed E-state index contributed by atoms with van der Waals surface area (Å²) >= 11 is 0. The number of fused-ring (bicyclic) bond motifs is 1. The zero-order chi connectivity index (χ0) is 17.4. The molecule has 2 fully saturated rings. The topological polar surface area (TPSA) is 45.7 Å². The molecular weight excluding hydrogens is 314 g/mol. The first-order valence-corrected chi connectivity index (χ1v) is 9.16. The van der Waals surface area contributed by atoms with Crippen molar-refractivity contribution < 1.29 is 9.53 Å². The Morgan fingerprint density at radius 2 is 2.00 bits per heavy atom. The van der Waals surface area contributed by atoms with Gasteiger partial charge in [-0.1, -0.05) is 12.1 Å². The van der Waals surface area contributed by atoms with Crippen molar-refractivity contribution >= 4 is 22.5 Å². The lowest BCUT2D eigenvalue weighted by Crippen LogP contribution is -2.45. The van der Waals surface area contributed by atoms with Crippen LogP contribution in [0, 0.1) is 6.92 Å². The first kappa shape index (κ1) is 16.2. The van der Waals surface area contributed by atoms with Gasteiger partial charge < -0.3 is 14.5 Å². The molecule has 5 nitrogen and oxygen atoms in total. The minimum Gasteiger partial charge on any atom is -0.494 e. The minimum atomic E-state index is 0.341. The van der Waals surface area contributed by atoms with Gasteiger partial charge in [-0.15, -0.1) is 0 Å². The minimum absolute atomic E-state index is 0.341. The zero-order valence-electron chi connectivity index (χ0n) is 15.0. The van der Waals surface area contributed by atoms with Crippen molar-refractivity contribution in [1.29, 1.82) is 0 Å². The average molecular weight is 339 g/mol. The number of rotatable bonds is 3. The number of aryl methyl sites for hydroxylation is 1. The Morgan fingerprint density at radius 3 is 2.68 bits per heavy atom. The molecule has 0 atom stereocenters. The Labute approximate surface area is 148 Å². The van der Waals surface area contributed by atoms with Crippen molar-refractivity contribution in [2.45, 2.75) is 38.6 Å². The summed E-state index contributed by atoms with van der Waals surface area (Å²) in [6.07, 6.45) is 5.77. The third-order valence-electron chi connectivity index (χ3n) is 5.57. The number of carbonyl (C=O) groups is 1. The van der Waals surface area contributed by atoms with E-state index in [0.717, 1.165) is 62.0 Å². The number of aromatic nitrogens is 1. The van der Waals surface area contributed by atoms with E-state index in [1.54, 1.807) is 7.11 Å². The Kier molecular flexibility index (Phi) is 4.24. The standard InChI is InChI=1S/C20H25N3O2/c1-14-13-21-19-16(5-3-6-17(19)25-2)20(14)22-11-8-15(9-12-22)23-10-4-7-18(23)24/h3,5-6,13,15H,4,7-12H2,1-2H3. The van der Waals surface area contributed by atoms with Crippen molar-refractivity contribution in [3.05, 3.63) is 30.0 Å². The molecule has 2 aromatic rings. The Morgan fingerprint density at radius 1 is 1.20 bits per heavy atom. The van der Waals surface area contributed by atoms with Crippen molar-refractivity contribution in [3.63, 3.8) is 0 Å². The summed E-state index contributed by atoms with van der Waals surface area (Å²) < 4.78 is 5.48. The van der Waals surface area contributed by atoms with Crippen LogP contribution >= 0.6 is 0 Å². The number of piperidine rings is 1. The Bertz CT molecular complexity index is 797. The molecule has 1 aromatic carbocycles. The van der Waals surface area contributed by atoms with Gasteiger partial charge in [-0.05, 0) is 37.8 Å². The Hall–Kier alpha value is -2.30. The second kappa shape index (κ2) is 6.54. The lowest BCUT2D eigenvalue weighted by Gasteiger charge is -2.38. The molecule has 0 radical (unpaired) electrons. The van der Waals surface area contributed by atoms with Crippen LogP contribution in [-0.4, -0.2) is 48.6 Å². The van der Waals surface area contributed by atoms with E-state index in [9.17, 15) is 4.79 Å². The Balaban J connectivity index is 1.61. The summed E-state index contributed by atoms with van der Waals surface area (Å²) in [6, 6.07) is 6.53. The lowest BCUT2D eigenvalue weighted by molar-refractivity contribution is -0.130. The molecule has 3 heterocycles. The molecule has 4 rings (SSSR count). The van der Waals surface area contributed by atoms with Gasteiger partial charge in [0.2, 0.25) is 5.91 Å². The van der Waals surface area contributed by atoms with E-state index in [-0.39, 0.29) is 0 Å². The van der Waals surface area contributed by atoms with Gasteiger partial charge in [-0.25, -0.2) is 0 Å². The number of carbonyl (C=O) groups excluding carboxylic acids is 1. The SMILES string of the molecule is COc1cccc2c(N3CCC(N4CCCC4=O)CC3)c(C)cnc12. The first-order chi connectivity index (χ1) is 12.2. The number of methoxy groups -OCH3 is 1. The third-order valence-corrected chi connectivity index (χ3v) is 5.57. The summed E-state index contributed by atoms with van der Waals surface area (Å²) in [4.78, 5) is 21.2. The third kappa shape index (κ3) is 2.81. The molecule has 0 saturated carbocycles. The fourth-order valence-electron chi connectivity index (χ4n) is 4.32. The monoisotopic (exact) mass is 339 g/mol. The number of likely N-dealkylation sites (tertiary alicyclic amines) is 1. The number of amides is 1. The van der Waals surface area contributed by atoms with Crippen LogP contribution in [0.5, 0.6) is 5.75 Å². The normalized spacial score (nSPS) is 19.0. The molecule has 2 saturated heterocycles. The molecule has 0 N–H and O–H groups in total. The van der Waals surface area contributed by atoms with Crippen LogP contribution in [0.3, 0.4) is 0 Å². The molecule has 2 aliphatic rings. The van der Waals surface area contributed by atoms with Crippen LogP contribution in [0.2, 0.25) is 0 Å². The molecule has 132 valence electrons. The van der Waals surface area contributed by atoms with Crippen molar-refractivity contribution in [1.82, 2.24) is 9.88 Å². The van der Waals surface area contributed by atoms with Crippen LogP contribution in [0.1, 0.15) is 31.2 Å². The largest absolute Gasteiger partial charge is 0.494 e. The van der Waals surface area contributed by atoms with Crippen molar-refractivity contribution in [2.75, 3.05) is 31.6 Å². The number of hydrogen-bond donors (Lipinski definition) is 0. The molecule has 0 aliphatic carbocycles. The van der Waals surface area contributed by atoms with Crippen LogP contribution in [0.4, 0.5) is 5.69 Å². The summed E-state index contributed by atoms with van der Waals surface area (Å²) in [6.45, 7) is 5.02. The highest BCUT2D eigenvalue weighted by Crippen LogP contribution is 2.35. The van der Waals surface area contributed by atoms with E-state index in [1.807, 2.05) is 18.3 Å². The summed E-state index contributed by atoms with van der Waals surface area (Å²) in [5.41, 5.74) is 3.37. The number of anilines is 1. The number of para-hydroxylation sites is 1. The molecule has 0 unspecified atom stereocenters. The molecule has 0 bridgehead atoms. The van der Waals surface area contributed by atoms with Gasteiger partial charge in [0.05, 0.1) is 12.8 Å². The van der Waals surface area contributed by atoms with Crippen LogP contribution in [-0.2, 0) is 4.79 Å². The highest BCUT2D eigenvalue weighted by atomic mass is 16.5. The van der Waals surface area contributed by atoms with E-state index >= 15 is 0 Å². The second-order valence-electron chi connectivity index (χ2n) is 7.06. The average Bonchev–Trinajstić information content (AvgIpc) is 3.07. The highest BCUT2D eigenvalue weighted by molar-refractivity contribution is 5.96. The fourth-order valence-corrected chi connectivity index (χ4v) is 4.32. The smallest absolute Gasteiger partial charge is 0.222 e. The quantitative estimate of drug-likeness (QED) is 0.862. The number of benzene rings is 1. The summed E-state index contributed by atoms with van der Waals surface area (Å²) in [5, 5.41) is 1.15. The molecular formula is C20H25N3O2. The van der Waals surface area contributed by atoms with E-state index in [2.05, 4.69) is 27.8 Å². The maximum atomic E-state index is 12.0. The molecule has 1 aromatic heterocycles. The van der Waals surface area contributed by atoms with E-state index in [0.29, 0.717) is 11.9 Å². The lowest BCUT2D eigenvalue weighted by atomic mass is 10.0. The summed E-state index contributed by atoms with van der Waals surface area (Å²) in [5.74, 6) is 1.16. The van der Waals surface area contributed by atoms with Gasteiger partial charge in [0.1, 0.15) is 11.3 Å². The van der Waals surface area contributed by atoms with Crippen LogP contribution in [0.15, 0.2) is 24.4 Å². The van der Waals surface area contributed by atoms with Gasteiger partial charge in [0, 0.05) is 43.7 Å². The first-order valence-electron chi connectivity index (χ1n) is 9.16. The molecule has 1 amide bonds. The van der Waals surface area contributed by atoms with Crippen LogP contribution in [0.25, 0.3) is 10.9 Å². The predicted molar refractivity (Wildman–Crippen MR) is 99.2 cm³/mol. The van der Waals surface area contributed by atoms with Gasteiger partial charge in [-0.2, -0.15) is 0 Å². The van der Waals surface area contributed by atoms with E-state index < -0.39 is 0 Å². The molecule has 25 heavy (non-hydrogen) atoms. The number of hydrogen-bond acceptors (Lipinski definition) is 4. The number of pyridine rings is 1. The van der Waals surface area contributed by atoms with Crippen LogP contribution < -0.4 is 9.64 Å². The predicted octanol–water partition coefficient (Wildman–Crippen LogP) is 3.14. The second-order valence-corrected chi connectivity index (χ2v) is 7.06. The van der Waals surface area contributed by atoms with Gasteiger partial charge >= 0.3 is 0 Å². The van der Waals surface area contributed by atoms with Gasteiger partial charge in [-0.3, -0.25) is 9.78 Å². The maximum absolute atomic E-state index is 12.0.